The van der Waals surface area contributed by atoms with Gasteiger partial charge in [-0.1, -0.05) is 0 Å². The molecule has 0 spiro atoms. The maximum absolute atomic E-state index is 11.5. The number of hydrogen-bond donors (Lipinski definition) is 2. The van der Waals surface area contributed by atoms with Crippen LogP contribution in [0.1, 0.15) is 11.1 Å². The highest BCUT2D eigenvalue weighted by atomic mass is 16.3. The van der Waals surface area contributed by atoms with Crippen molar-refractivity contribution in [2.75, 3.05) is 13.6 Å². The first-order valence-electron chi connectivity index (χ1n) is 4.62. The van der Waals surface area contributed by atoms with Gasteiger partial charge in [0.1, 0.15) is 0 Å². The van der Waals surface area contributed by atoms with Gasteiger partial charge in [-0.3, -0.25) is 9.36 Å². The van der Waals surface area contributed by atoms with Crippen molar-refractivity contribution in [2.45, 2.75) is 20.4 Å². The Bertz CT molecular complexity index is 382. The van der Waals surface area contributed by atoms with Gasteiger partial charge in [0, 0.05) is 24.7 Å². The molecule has 1 heterocycles. The standard InChI is InChI=1S/C10H16N2O2/c1-7-6-9(13)12(5-4-11-3)10(14)8(7)2/h6,11,14H,4-5H2,1-3H3. The van der Waals surface area contributed by atoms with Crippen LogP contribution in [-0.2, 0) is 6.54 Å². The molecule has 0 aliphatic heterocycles. The van der Waals surface area contributed by atoms with Crippen molar-refractivity contribution in [3.8, 4) is 5.88 Å². The molecule has 0 atom stereocenters. The smallest absolute Gasteiger partial charge is 0.253 e. The molecule has 0 aliphatic rings. The van der Waals surface area contributed by atoms with Gasteiger partial charge in [-0.15, -0.1) is 0 Å². The number of aromatic nitrogens is 1. The summed E-state index contributed by atoms with van der Waals surface area (Å²) in [7, 11) is 1.81. The fourth-order valence-corrected chi connectivity index (χ4v) is 1.29. The van der Waals surface area contributed by atoms with E-state index in [9.17, 15) is 9.90 Å². The predicted molar refractivity (Wildman–Crippen MR) is 55.8 cm³/mol. The molecule has 1 aromatic rings. The second-order valence-corrected chi connectivity index (χ2v) is 3.37. The van der Waals surface area contributed by atoms with E-state index in [-0.39, 0.29) is 11.4 Å². The first kappa shape index (κ1) is 10.8. The molecule has 1 rings (SSSR count). The van der Waals surface area contributed by atoms with Gasteiger partial charge in [0.15, 0.2) is 5.88 Å². The van der Waals surface area contributed by atoms with Gasteiger partial charge in [-0.05, 0) is 26.5 Å². The number of rotatable bonds is 3. The molecule has 78 valence electrons. The van der Waals surface area contributed by atoms with Crippen LogP contribution in [0.4, 0.5) is 0 Å². The van der Waals surface area contributed by atoms with Gasteiger partial charge in [0.25, 0.3) is 5.56 Å². The molecule has 0 amide bonds. The molecule has 0 fully saturated rings. The van der Waals surface area contributed by atoms with Crippen LogP contribution in [0, 0.1) is 13.8 Å². The largest absolute Gasteiger partial charge is 0.494 e. The van der Waals surface area contributed by atoms with E-state index < -0.39 is 0 Å². The Morgan fingerprint density at radius 3 is 2.71 bits per heavy atom. The third-order valence-corrected chi connectivity index (χ3v) is 2.37. The van der Waals surface area contributed by atoms with Crippen molar-refractivity contribution in [1.82, 2.24) is 9.88 Å². The molecule has 4 nitrogen and oxygen atoms in total. The van der Waals surface area contributed by atoms with Crippen LogP contribution < -0.4 is 10.9 Å². The first-order chi connectivity index (χ1) is 6.57. The zero-order valence-electron chi connectivity index (χ0n) is 8.79. The Kier molecular flexibility index (Phi) is 3.30. The topological polar surface area (TPSA) is 54.3 Å². The molecule has 4 heteroatoms. The first-order valence-corrected chi connectivity index (χ1v) is 4.62. The molecule has 0 unspecified atom stereocenters. The normalized spacial score (nSPS) is 10.5. The fraction of sp³-hybridized carbons (Fsp3) is 0.500. The maximum Gasteiger partial charge on any atom is 0.253 e. The lowest BCUT2D eigenvalue weighted by Crippen LogP contribution is -2.25. The van der Waals surface area contributed by atoms with E-state index in [1.54, 1.807) is 13.0 Å². The summed E-state index contributed by atoms with van der Waals surface area (Å²) in [6, 6.07) is 1.55. The number of aromatic hydroxyl groups is 1. The summed E-state index contributed by atoms with van der Waals surface area (Å²) < 4.78 is 1.37. The molecule has 0 aliphatic carbocycles. The van der Waals surface area contributed by atoms with Gasteiger partial charge in [0.2, 0.25) is 0 Å². The number of pyridine rings is 1. The third kappa shape index (κ3) is 1.96. The van der Waals surface area contributed by atoms with E-state index >= 15 is 0 Å². The van der Waals surface area contributed by atoms with Gasteiger partial charge >= 0.3 is 0 Å². The van der Waals surface area contributed by atoms with E-state index in [0.717, 1.165) is 11.1 Å². The molecule has 0 radical (unpaired) electrons. The summed E-state index contributed by atoms with van der Waals surface area (Å²) in [4.78, 5) is 11.5. The summed E-state index contributed by atoms with van der Waals surface area (Å²) in [5, 5.41) is 12.7. The quantitative estimate of drug-likeness (QED) is 0.735. The highest BCUT2D eigenvalue weighted by molar-refractivity contribution is 5.32. The van der Waals surface area contributed by atoms with Crippen molar-refractivity contribution in [3.63, 3.8) is 0 Å². The number of aryl methyl sites for hydroxylation is 1. The average Bonchev–Trinajstić information content (AvgIpc) is 2.14. The van der Waals surface area contributed by atoms with Crippen LogP contribution in [0.15, 0.2) is 10.9 Å². The summed E-state index contributed by atoms with van der Waals surface area (Å²) >= 11 is 0. The second kappa shape index (κ2) is 4.28. The molecule has 2 N–H and O–H groups in total. The zero-order chi connectivity index (χ0) is 10.7. The summed E-state index contributed by atoms with van der Waals surface area (Å²) in [6.07, 6.45) is 0. The van der Waals surface area contributed by atoms with Crippen molar-refractivity contribution in [1.29, 1.82) is 0 Å². The van der Waals surface area contributed by atoms with Crippen molar-refractivity contribution >= 4 is 0 Å². The lowest BCUT2D eigenvalue weighted by Gasteiger charge is -2.11. The van der Waals surface area contributed by atoms with E-state index in [1.807, 2.05) is 14.0 Å². The van der Waals surface area contributed by atoms with E-state index in [1.165, 1.54) is 4.57 Å². The van der Waals surface area contributed by atoms with Crippen LogP contribution in [0.5, 0.6) is 5.88 Å². The summed E-state index contributed by atoms with van der Waals surface area (Å²) in [5.41, 5.74) is 1.44. The van der Waals surface area contributed by atoms with Crippen LogP contribution in [-0.4, -0.2) is 23.3 Å². The molecule has 0 saturated carbocycles. The summed E-state index contributed by atoms with van der Waals surface area (Å²) in [6.45, 7) is 4.77. The minimum atomic E-state index is -0.152. The minimum Gasteiger partial charge on any atom is -0.494 e. The molecular weight excluding hydrogens is 180 g/mol. The van der Waals surface area contributed by atoms with Crippen LogP contribution in [0.3, 0.4) is 0 Å². The van der Waals surface area contributed by atoms with E-state index in [2.05, 4.69) is 5.32 Å². The second-order valence-electron chi connectivity index (χ2n) is 3.37. The van der Waals surface area contributed by atoms with Gasteiger partial charge in [-0.2, -0.15) is 0 Å². The Labute approximate surface area is 83.2 Å². The number of nitrogens with one attached hydrogen (secondary N) is 1. The SMILES string of the molecule is CNCCn1c(O)c(C)c(C)cc1=O. The monoisotopic (exact) mass is 196 g/mol. The van der Waals surface area contributed by atoms with Crippen LogP contribution in [0.2, 0.25) is 0 Å². The molecule has 0 aromatic carbocycles. The number of hydrogen-bond acceptors (Lipinski definition) is 3. The van der Waals surface area contributed by atoms with Crippen LogP contribution >= 0.6 is 0 Å². The molecular formula is C10H16N2O2. The highest BCUT2D eigenvalue weighted by Crippen LogP contribution is 2.16. The summed E-state index contributed by atoms with van der Waals surface area (Å²) in [5.74, 6) is 0.0743. The van der Waals surface area contributed by atoms with Crippen molar-refractivity contribution in [3.05, 3.63) is 27.5 Å². The van der Waals surface area contributed by atoms with Gasteiger partial charge < -0.3 is 10.4 Å². The zero-order valence-corrected chi connectivity index (χ0v) is 8.79. The Hall–Kier alpha value is -1.29. The highest BCUT2D eigenvalue weighted by Gasteiger charge is 2.07. The molecule has 14 heavy (non-hydrogen) atoms. The van der Waals surface area contributed by atoms with Crippen molar-refractivity contribution < 1.29 is 5.11 Å². The lowest BCUT2D eigenvalue weighted by molar-refractivity contribution is 0.399. The lowest BCUT2D eigenvalue weighted by atomic mass is 10.2. The molecule has 0 bridgehead atoms. The fourth-order valence-electron chi connectivity index (χ4n) is 1.29. The maximum atomic E-state index is 11.5. The van der Waals surface area contributed by atoms with E-state index in [4.69, 9.17) is 0 Å². The number of nitrogens with zero attached hydrogens (tertiary/aromatic N) is 1. The Balaban J connectivity index is 3.16. The van der Waals surface area contributed by atoms with Crippen LogP contribution in [0.25, 0.3) is 0 Å². The van der Waals surface area contributed by atoms with E-state index in [0.29, 0.717) is 13.1 Å². The van der Waals surface area contributed by atoms with Gasteiger partial charge in [-0.25, -0.2) is 0 Å². The number of likely N-dealkylation sites (N-methyl/N-ethyl adjacent to an activating group) is 1. The Morgan fingerprint density at radius 1 is 1.50 bits per heavy atom. The van der Waals surface area contributed by atoms with Crippen molar-refractivity contribution in [2.24, 2.45) is 0 Å². The Morgan fingerprint density at radius 2 is 2.14 bits per heavy atom. The molecule has 0 saturated heterocycles. The molecule has 1 aromatic heterocycles. The van der Waals surface area contributed by atoms with Gasteiger partial charge in [0.05, 0.1) is 0 Å². The average molecular weight is 196 g/mol. The predicted octanol–water partition coefficient (Wildman–Crippen LogP) is 0.390. The minimum absolute atomic E-state index is 0.0743. The third-order valence-electron chi connectivity index (χ3n) is 2.37.